The van der Waals surface area contributed by atoms with Crippen LogP contribution in [0.3, 0.4) is 0 Å². The Hall–Kier alpha value is -1.33. The predicted octanol–water partition coefficient (Wildman–Crippen LogP) is 1.60. The van der Waals surface area contributed by atoms with E-state index in [9.17, 15) is 4.79 Å². The molecule has 20 heavy (non-hydrogen) atoms. The largest absolute Gasteiger partial charge is 0.472 e. The number of nitrogens with zero attached hydrogens (tertiary/aromatic N) is 2. The van der Waals surface area contributed by atoms with Gasteiger partial charge in [0.2, 0.25) is 0 Å². The molecule has 2 saturated heterocycles. The van der Waals surface area contributed by atoms with Gasteiger partial charge in [-0.15, -0.1) is 0 Å². The highest BCUT2D eigenvalue weighted by Crippen LogP contribution is 2.22. The monoisotopic (exact) mass is 278 g/mol. The summed E-state index contributed by atoms with van der Waals surface area (Å²) in [6.07, 6.45) is 5.41. The molecule has 0 unspecified atom stereocenters. The molecule has 0 aliphatic carbocycles. The van der Waals surface area contributed by atoms with Gasteiger partial charge in [0.25, 0.3) is 5.91 Å². The zero-order chi connectivity index (χ0) is 13.9. The van der Waals surface area contributed by atoms with Gasteiger partial charge in [0, 0.05) is 25.7 Å². The van der Waals surface area contributed by atoms with Crippen LogP contribution in [0.4, 0.5) is 0 Å². The molecule has 2 aliphatic rings. The Kier molecular flexibility index (Phi) is 4.08. The summed E-state index contributed by atoms with van der Waals surface area (Å²) in [6, 6.07) is 2.58. The number of carbonyl (C=O) groups excluding carboxylic acids is 1. The first kappa shape index (κ1) is 13.6. The van der Waals surface area contributed by atoms with E-state index in [1.807, 2.05) is 4.90 Å². The van der Waals surface area contributed by atoms with Gasteiger partial charge in [0.1, 0.15) is 6.26 Å². The maximum absolute atomic E-state index is 12.3. The third kappa shape index (κ3) is 2.60. The van der Waals surface area contributed by atoms with E-state index in [1.165, 1.54) is 19.1 Å². The normalized spacial score (nSPS) is 27.4. The quantitative estimate of drug-likeness (QED) is 0.842. The Labute approximate surface area is 119 Å². The summed E-state index contributed by atoms with van der Waals surface area (Å²) in [6.45, 7) is 6.27. The molecule has 0 aromatic carbocycles. The van der Waals surface area contributed by atoms with Crippen molar-refractivity contribution in [2.24, 2.45) is 0 Å². The number of furan rings is 1. The third-order valence-corrected chi connectivity index (χ3v) is 4.30. The van der Waals surface area contributed by atoms with Gasteiger partial charge in [0.15, 0.2) is 0 Å². The second-order valence-corrected chi connectivity index (χ2v) is 5.63. The minimum atomic E-state index is 0.0658. The van der Waals surface area contributed by atoms with Crippen LogP contribution in [0.2, 0.25) is 0 Å². The summed E-state index contributed by atoms with van der Waals surface area (Å²) < 4.78 is 10.7. The molecular weight excluding hydrogens is 256 g/mol. The summed E-state index contributed by atoms with van der Waals surface area (Å²) in [5.41, 5.74) is 0.639. The Balaban J connectivity index is 1.65. The van der Waals surface area contributed by atoms with Gasteiger partial charge in [-0.3, -0.25) is 9.69 Å². The fourth-order valence-corrected chi connectivity index (χ4v) is 3.27. The maximum Gasteiger partial charge on any atom is 0.257 e. The van der Waals surface area contributed by atoms with Crippen LogP contribution in [-0.2, 0) is 4.74 Å². The first-order valence-electron chi connectivity index (χ1n) is 7.44. The highest BCUT2D eigenvalue weighted by molar-refractivity contribution is 5.93. The van der Waals surface area contributed by atoms with E-state index in [0.717, 1.165) is 32.8 Å². The average molecular weight is 278 g/mol. The number of amides is 1. The van der Waals surface area contributed by atoms with E-state index in [-0.39, 0.29) is 5.91 Å². The molecule has 1 aromatic heterocycles. The van der Waals surface area contributed by atoms with Crippen molar-refractivity contribution in [1.29, 1.82) is 0 Å². The SMILES string of the molecule is CCC[C@H]1COC[C@H]2CN(C(=O)c3ccoc3)CCN12. The van der Waals surface area contributed by atoms with Crippen LogP contribution >= 0.6 is 0 Å². The van der Waals surface area contributed by atoms with Gasteiger partial charge >= 0.3 is 0 Å². The van der Waals surface area contributed by atoms with E-state index >= 15 is 0 Å². The first-order valence-corrected chi connectivity index (χ1v) is 7.44. The molecule has 0 bridgehead atoms. The summed E-state index contributed by atoms with van der Waals surface area (Å²) >= 11 is 0. The minimum Gasteiger partial charge on any atom is -0.472 e. The number of piperazine rings is 1. The van der Waals surface area contributed by atoms with Crippen molar-refractivity contribution < 1.29 is 13.9 Å². The maximum atomic E-state index is 12.3. The highest BCUT2D eigenvalue weighted by Gasteiger charge is 2.36. The molecule has 5 nitrogen and oxygen atoms in total. The van der Waals surface area contributed by atoms with E-state index in [2.05, 4.69) is 11.8 Å². The van der Waals surface area contributed by atoms with Crippen LogP contribution < -0.4 is 0 Å². The first-order chi connectivity index (χ1) is 9.79. The van der Waals surface area contributed by atoms with E-state index in [4.69, 9.17) is 9.15 Å². The Morgan fingerprint density at radius 1 is 1.40 bits per heavy atom. The molecular formula is C15H22N2O3. The molecule has 0 spiro atoms. The van der Waals surface area contributed by atoms with Crippen LogP contribution in [0.5, 0.6) is 0 Å². The molecule has 0 saturated carbocycles. The molecule has 2 aliphatic heterocycles. The zero-order valence-corrected chi connectivity index (χ0v) is 12.0. The van der Waals surface area contributed by atoms with E-state index < -0.39 is 0 Å². The molecule has 0 N–H and O–H groups in total. The number of carbonyl (C=O) groups is 1. The van der Waals surface area contributed by atoms with Gasteiger partial charge in [-0.25, -0.2) is 0 Å². The van der Waals surface area contributed by atoms with Crippen LogP contribution in [0.25, 0.3) is 0 Å². The number of ether oxygens (including phenoxy) is 1. The van der Waals surface area contributed by atoms with Gasteiger partial charge in [-0.1, -0.05) is 13.3 Å². The lowest BCUT2D eigenvalue weighted by Gasteiger charge is -2.48. The molecule has 3 rings (SSSR count). The van der Waals surface area contributed by atoms with Crippen LogP contribution in [0.15, 0.2) is 23.0 Å². The lowest BCUT2D eigenvalue weighted by molar-refractivity contribution is -0.0776. The van der Waals surface area contributed by atoms with Crippen molar-refractivity contribution in [3.05, 3.63) is 24.2 Å². The molecule has 0 radical (unpaired) electrons. The molecule has 3 heterocycles. The van der Waals surface area contributed by atoms with E-state index in [1.54, 1.807) is 12.3 Å². The van der Waals surface area contributed by atoms with Crippen LogP contribution in [-0.4, -0.2) is 60.6 Å². The number of morpholine rings is 1. The van der Waals surface area contributed by atoms with Gasteiger partial charge in [-0.2, -0.15) is 0 Å². The summed E-state index contributed by atoms with van der Waals surface area (Å²) in [4.78, 5) is 16.8. The Bertz CT molecular complexity index is 444. The van der Waals surface area contributed by atoms with Crippen molar-refractivity contribution >= 4 is 5.91 Å². The average Bonchev–Trinajstić information content (AvgIpc) is 3.01. The lowest BCUT2D eigenvalue weighted by Crippen LogP contribution is -2.62. The van der Waals surface area contributed by atoms with Crippen LogP contribution in [0, 0.1) is 0 Å². The van der Waals surface area contributed by atoms with Crippen molar-refractivity contribution in [2.45, 2.75) is 31.8 Å². The summed E-state index contributed by atoms with van der Waals surface area (Å²) in [5.74, 6) is 0.0658. The number of hydrogen-bond donors (Lipinski definition) is 0. The van der Waals surface area contributed by atoms with Crippen molar-refractivity contribution in [2.75, 3.05) is 32.8 Å². The summed E-state index contributed by atoms with van der Waals surface area (Å²) in [5, 5.41) is 0. The minimum absolute atomic E-state index is 0.0658. The standard InChI is InChI=1S/C15H22N2O3/c1-2-3-13-10-20-11-14-8-16(5-6-17(13)14)15(18)12-4-7-19-9-12/h4,7,9,13-14H,2-3,5-6,8,10-11H2,1H3/t13-,14+/m0/s1. The molecule has 2 fully saturated rings. The molecule has 1 aromatic rings. The zero-order valence-electron chi connectivity index (χ0n) is 12.0. The molecule has 1 amide bonds. The fourth-order valence-electron chi connectivity index (χ4n) is 3.27. The Morgan fingerprint density at radius 3 is 3.05 bits per heavy atom. The number of hydrogen-bond acceptors (Lipinski definition) is 4. The second-order valence-electron chi connectivity index (χ2n) is 5.63. The molecule has 5 heteroatoms. The van der Waals surface area contributed by atoms with Gasteiger partial charge in [0.05, 0.1) is 31.1 Å². The second kappa shape index (κ2) is 5.97. The molecule has 110 valence electrons. The number of fused-ring (bicyclic) bond motifs is 1. The molecule has 2 atom stereocenters. The van der Waals surface area contributed by atoms with Crippen molar-refractivity contribution in [1.82, 2.24) is 9.80 Å². The van der Waals surface area contributed by atoms with Gasteiger partial charge < -0.3 is 14.1 Å². The number of rotatable bonds is 3. The van der Waals surface area contributed by atoms with Crippen LogP contribution in [0.1, 0.15) is 30.1 Å². The van der Waals surface area contributed by atoms with Crippen molar-refractivity contribution in [3.8, 4) is 0 Å². The lowest BCUT2D eigenvalue weighted by atomic mass is 10.0. The topological polar surface area (TPSA) is 45.9 Å². The highest BCUT2D eigenvalue weighted by atomic mass is 16.5. The van der Waals surface area contributed by atoms with E-state index in [0.29, 0.717) is 17.6 Å². The van der Waals surface area contributed by atoms with Gasteiger partial charge in [-0.05, 0) is 12.5 Å². The summed E-state index contributed by atoms with van der Waals surface area (Å²) in [7, 11) is 0. The predicted molar refractivity (Wildman–Crippen MR) is 74.6 cm³/mol. The third-order valence-electron chi connectivity index (χ3n) is 4.30. The fraction of sp³-hybridized carbons (Fsp3) is 0.667. The smallest absolute Gasteiger partial charge is 0.257 e. The Morgan fingerprint density at radius 2 is 2.30 bits per heavy atom. The van der Waals surface area contributed by atoms with Crippen molar-refractivity contribution in [3.63, 3.8) is 0 Å².